The summed E-state index contributed by atoms with van der Waals surface area (Å²) in [6.45, 7) is 0.592. The van der Waals surface area contributed by atoms with Crippen molar-refractivity contribution in [3.63, 3.8) is 0 Å². The van der Waals surface area contributed by atoms with Crippen LogP contribution in [-0.2, 0) is 17.9 Å². The molecule has 0 bridgehead atoms. The van der Waals surface area contributed by atoms with Crippen LogP contribution in [0.1, 0.15) is 11.4 Å². The number of nitrogens with zero attached hydrogens (tertiary/aromatic N) is 4. The van der Waals surface area contributed by atoms with E-state index in [-0.39, 0.29) is 24.4 Å². The first-order valence-electron chi connectivity index (χ1n) is 6.71. The van der Waals surface area contributed by atoms with Crippen LogP contribution >= 0.6 is 11.3 Å². The third kappa shape index (κ3) is 3.17. The van der Waals surface area contributed by atoms with Crippen LogP contribution in [0, 0.1) is 0 Å². The molecule has 0 saturated carbocycles. The molecular weight excluding hydrogens is 302 g/mol. The zero-order valence-electron chi connectivity index (χ0n) is 11.6. The van der Waals surface area contributed by atoms with Crippen molar-refractivity contribution >= 4 is 28.1 Å². The van der Waals surface area contributed by atoms with Crippen LogP contribution < -0.4 is 10.9 Å². The number of carbonyl (C=O) groups excluding carboxylic acids is 1. The summed E-state index contributed by atoms with van der Waals surface area (Å²) >= 11 is 1.48. The number of rotatable bonds is 5. The van der Waals surface area contributed by atoms with Crippen molar-refractivity contribution in [2.75, 3.05) is 0 Å². The first-order chi connectivity index (χ1) is 10.7. The fraction of sp³-hybridized carbons (Fsp3) is 0.214. The molecule has 22 heavy (non-hydrogen) atoms. The van der Waals surface area contributed by atoms with Crippen LogP contribution in [0.5, 0.6) is 0 Å². The van der Waals surface area contributed by atoms with Crippen molar-refractivity contribution in [3.05, 3.63) is 51.2 Å². The topological polar surface area (TPSA) is 89.8 Å². The Morgan fingerprint density at radius 1 is 1.32 bits per heavy atom. The Balaban J connectivity index is 1.62. The molecular formula is C14H13N5O2S. The largest absolute Gasteiger partial charge is 0.350 e. The highest BCUT2D eigenvalue weighted by Gasteiger charge is 2.08. The molecule has 1 N–H and O–H groups in total. The third-order valence-electron chi connectivity index (χ3n) is 3.10. The Morgan fingerprint density at radius 2 is 2.18 bits per heavy atom. The molecule has 0 fully saturated rings. The van der Waals surface area contributed by atoms with Gasteiger partial charge in [-0.1, -0.05) is 17.3 Å². The van der Waals surface area contributed by atoms with E-state index in [4.69, 9.17) is 0 Å². The molecule has 0 unspecified atom stereocenters. The smallest absolute Gasteiger partial charge is 0.277 e. The number of fused-ring (bicyclic) bond motifs is 1. The van der Waals surface area contributed by atoms with Gasteiger partial charge in [-0.2, -0.15) is 0 Å². The summed E-state index contributed by atoms with van der Waals surface area (Å²) in [6, 6.07) is 7.00. The number of nitrogens with one attached hydrogen (secondary N) is 1. The van der Waals surface area contributed by atoms with Crippen molar-refractivity contribution < 1.29 is 4.79 Å². The van der Waals surface area contributed by atoms with Crippen LogP contribution in [0.25, 0.3) is 10.9 Å². The summed E-state index contributed by atoms with van der Waals surface area (Å²) in [5.74, 6) is -0.156. The zero-order valence-corrected chi connectivity index (χ0v) is 12.4. The number of benzene rings is 1. The van der Waals surface area contributed by atoms with E-state index in [0.29, 0.717) is 17.4 Å². The first kappa shape index (κ1) is 14.3. The van der Waals surface area contributed by atoms with Gasteiger partial charge in [-0.05, 0) is 12.1 Å². The lowest BCUT2D eigenvalue weighted by atomic mass is 10.2. The SMILES string of the molecule is O=C(CCn1nnc2ccccc2c1=O)NCc1nccs1. The highest BCUT2D eigenvalue weighted by atomic mass is 32.1. The number of thiazole rings is 1. The quantitative estimate of drug-likeness (QED) is 0.757. The average molecular weight is 315 g/mol. The average Bonchev–Trinajstić information content (AvgIpc) is 3.06. The maximum Gasteiger partial charge on any atom is 0.277 e. The van der Waals surface area contributed by atoms with Crippen LogP contribution in [0.15, 0.2) is 40.6 Å². The van der Waals surface area contributed by atoms with Gasteiger partial charge in [0.2, 0.25) is 5.91 Å². The molecule has 0 aliphatic carbocycles. The summed E-state index contributed by atoms with van der Waals surface area (Å²) < 4.78 is 1.21. The second kappa shape index (κ2) is 6.44. The highest BCUT2D eigenvalue weighted by molar-refractivity contribution is 7.09. The van der Waals surface area contributed by atoms with Crippen LogP contribution in [0.2, 0.25) is 0 Å². The lowest BCUT2D eigenvalue weighted by molar-refractivity contribution is -0.121. The van der Waals surface area contributed by atoms with E-state index in [1.54, 1.807) is 30.5 Å². The van der Waals surface area contributed by atoms with Gasteiger partial charge in [0, 0.05) is 18.0 Å². The highest BCUT2D eigenvalue weighted by Crippen LogP contribution is 2.04. The third-order valence-corrected chi connectivity index (χ3v) is 3.88. The Hall–Kier alpha value is -2.61. The molecule has 0 saturated heterocycles. The maximum absolute atomic E-state index is 12.2. The molecule has 1 amide bonds. The summed E-state index contributed by atoms with van der Waals surface area (Å²) in [7, 11) is 0. The minimum Gasteiger partial charge on any atom is -0.350 e. The molecule has 2 aromatic heterocycles. The normalized spacial score (nSPS) is 10.7. The summed E-state index contributed by atoms with van der Waals surface area (Å²) in [4.78, 5) is 28.1. The van der Waals surface area contributed by atoms with Crippen molar-refractivity contribution in [2.45, 2.75) is 19.5 Å². The molecule has 8 heteroatoms. The van der Waals surface area contributed by atoms with E-state index in [2.05, 4.69) is 20.6 Å². The van der Waals surface area contributed by atoms with E-state index >= 15 is 0 Å². The fourth-order valence-electron chi connectivity index (χ4n) is 1.98. The van der Waals surface area contributed by atoms with Gasteiger partial charge in [-0.15, -0.1) is 16.4 Å². The molecule has 0 aliphatic heterocycles. The molecule has 2 heterocycles. The number of aryl methyl sites for hydroxylation is 1. The van der Waals surface area contributed by atoms with Crippen LogP contribution in [0.3, 0.4) is 0 Å². The summed E-state index contributed by atoms with van der Waals surface area (Å²) in [5, 5.41) is 13.8. The molecule has 112 valence electrons. The first-order valence-corrected chi connectivity index (χ1v) is 7.59. The van der Waals surface area contributed by atoms with Gasteiger partial charge in [0.05, 0.1) is 18.5 Å². The number of amides is 1. The standard InChI is InChI=1S/C14H13N5O2S/c20-12(16-9-13-15-6-8-22-13)5-7-19-14(21)10-3-1-2-4-11(10)17-18-19/h1-4,6,8H,5,7,9H2,(H,16,20). The number of carbonyl (C=O) groups is 1. The van der Waals surface area contributed by atoms with Gasteiger partial charge in [-0.25, -0.2) is 9.67 Å². The predicted octanol–water partition coefficient (Wildman–Crippen LogP) is 0.954. The minimum absolute atomic E-state index is 0.156. The maximum atomic E-state index is 12.2. The van der Waals surface area contributed by atoms with E-state index in [1.165, 1.54) is 16.0 Å². The molecule has 0 atom stereocenters. The summed E-state index contributed by atoms with van der Waals surface area (Å²) in [6.07, 6.45) is 1.86. The van der Waals surface area contributed by atoms with Crippen LogP contribution in [0.4, 0.5) is 0 Å². The lowest BCUT2D eigenvalue weighted by Crippen LogP contribution is -2.29. The zero-order chi connectivity index (χ0) is 15.4. The summed E-state index contributed by atoms with van der Waals surface area (Å²) in [5.41, 5.74) is 0.315. The van der Waals surface area contributed by atoms with Gasteiger partial charge in [-0.3, -0.25) is 9.59 Å². The number of hydrogen-bond acceptors (Lipinski definition) is 6. The molecule has 7 nitrogen and oxygen atoms in total. The van der Waals surface area contributed by atoms with Crippen molar-refractivity contribution in [2.24, 2.45) is 0 Å². The Labute approximate surface area is 129 Å². The van der Waals surface area contributed by atoms with E-state index in [1.807, 2.05) is 5.38 Å². The van der Waals surface area contributed by atoms with Crippen molar-refractivity contribution in [3.8, 4) is 0 Å². The van der Waals surface area contributed by atoms with Gasteiger partial charge in [0.25, 0.3) is 5.56 Å². The second-order valence-corrected chi connectivity index (χ2v) is 5.57. The molecule has 0 spiro atoms. The monoisotopic (exact) mass is 315 g/mol. The minimum atomic E-state index is -0.238. The lowest BCUT2D eigenvalue weighted by Gasteiger charge is -2.05. The predicted molar refractivity (Wildman–Crippen MR) is 82.4 cm³/mol. The Morgan fingerprint density at radius 3 is 3.00 bits per heavy atom. The van der Waals surface area contributed by atoms with Gasteiger partial charge < -0.3 is 5.32 Å². The van der Waals surface area contributed by atoms with E-state index in [9.17, 15) is 9.59 Å². The van der Waals surface area contributed by atoms with Crippen molar-refractivity contribution in [1.82, 2.24) is 25.3 Å². The Bertz CT molecular complexity index is 844. The van der Waals surface area contributed by atoms with Gasteiger partial charge in [0.15, 0.2) is 0 Å². The molecule has 1 aromatic carbocycles. The fourth-order valence-corrected chi connectivity index (χ4v) is 2.54. The molecule has 0 aliphatic rings. The molecule has 3 rings (SSSR count). The molecule has 0 radical (unpaired) electrons. The molecule has 3 aromatic rings. The Kier molecular flexibility index (Phi) is 4.19. The number of aromatic nitrogens is 4. The second-order valence-electron chi connectivity index (χ2n) is 4.59. The van der Waals surface area contributed by atoms with E-state index in [0.717, 1.165) is 5.01 Å². The number of hydrogen-bond donors (Lipinski definition) is 1. The van der Waals surface area contributed by atoms with Gasteiger partial charge in [0.1, 0.15) is 10.5 Å². The van der Waals surface area contributed by atoms with Gasteiger partial charge >= 0.3 is 0 Å². The van der Waals surface area contributed by atoms with Crippen LogP contribution in [-0.4, -0.2) is 25.9 Å². The van der Waals surface area contributed by atoms with Crippen molar-refractivity contribution in [1.29, 1.82) is 0 Å². The van der Waals surface area contributed by atoms with E-state index < -0.39 is 0 Å².